The number of amides is 1. The van der Waals surface area contributed by atoms with Gasteiger partial charge in [-0.25, -0.2) is 22.2 Å². The number of ether oxygens (including phenoxy) is 1. The molecule has 1 amide bonds. The number of hydrogen-bond donors (Lipinski definition) is 0. The molecule has 5 heterocycles. The van der Waals surface area contributed by atoms with Crippen molar-refractivity contribution in [2.45, 2.75) is 57.5 Å². The fourth-order valence-electron chi connectivity index (χ4n) is 6.35. The van der Waals surface area contributed by atoms with Gasteiger partial charge in [0.05, 0.1) is 4.90 Å². The SMILES string of the molecule is Cc1ccc(S(=O)(=O)n2ccc3c(-c4ccc(N5CCC6(CCN(C(=O)OC(C)(C)C)C6)CC5)nc4)cn(C)c(=O)c32)cc1. The zero-order valence-corrected chi connectivity index (χ0v) is 26.7. The van der Waals surface area contributed by atoms with Crippen molar-refractivity contribution >= 4 is 32.8 Å². The second-order valence-electron chi connectivity index (χ2n) is 13.2. The normalized spacial score (nSPS) is 17.0. The van der Waals surface area contributed by atoms with Crippen LogP contribution >= 0.6 is 0 Å². The molecule has 11 heteroatoms. The van der Waals surface area contributed by atoms with Gasteiger partial charge in [-0.1, -0.05) is 17.7 Å². The van der Waals surface area contributed by atoms with Gasteiger partial charge in [0.25, 0.3) is 15.6 Å². The highest BCUT2D eigenvalue weighted by molar-refractivity contribution is 7.90. The van der Waals surface area contributed by atoms with Crippen LogP contribution in [-0.4, -0.2) is 64.7 Å². The number of carbonyl (C=O) groups is 1. The summed E-state index contributed by atoms with van der Waals surface area (Å²) in [6.45, 7) is 10.7. The van der Waals surface area contributed by atoms with Gasteiger partial charge in [-0.3, -0.25) is 4.79 Å². The number of likely N-dealkylation sites (tertiary alicyclic amines) is 1. The Bertz CT molecular complexity index is 1880. The standard InChI is InChI=1S/C33H39N5O5S/c1-23-6-9-25(10-7-23)44(41,42)38-16-12-26-27(21-35(5)30(39)29(26)38)24-8-11-28(34-20-24)36-17-13-33(14-18-36)15-19-37(22-33)31(40)43-32(2,3)4/h6-12,16,20-21H,13-15,17-19,22H2,1-5H3. The number of anilines is 1. The molecular weight excluding hydrogens is 578 g/mol. The maximum atomic E-state index is 13.5. The smallest absolute Gasteiger partial charge is 0.410 e. The maximum absolute atomic E-state index is 13.5. The highest BCUT2D eigenvalue weighted by Gasteiger charge is 2.43. The van der Waals surface area contributed by atoms with Gasteiger partial charge >= 0.3 is 6.09 Å². The topological polar surface area (TPSA) is 107 Å². The number of aromatic nitrogens is 3. The van der Waals surface area contributed by atoms with Crippen LogP contribution in [0.4, 0.5) is 10.6 Å². The van der Waals surface area contributed by atoms with E-state index in [2.05, 4.69) is 4.90 Å². The van der Waals surface area contributed by atoms with Crippen LogP contribution < -0.4 is 10.5 Å². The van der Waals surface area contributed by atoms with Crippen LogP contribution in [0.1, 0.15) is 45.6 Å². The number of nitrogens with zero attached hydrogens (tertiary/aromatic N) is 5. The fourth-order valence-corrected chi connectivity index (χ4v) is 7.70. The Labute approximate surface area is 257 Å². The van der Waals surface area contributed by atoms with Crippen molar-refractivity contribution in [2.24, 2.45) is 12.5 Å². The van der Waals surface area contributed by atoms with Gasteiger partial charge in [0.1, 0.15) is 16.9 Å². The van der Waals surface area contributed by atoms with Crippen LogP contribution in [0.15, 0.2) is 70.7 Å². The van der Waals surface area contributed by atoms with Crippen molar-refractivity contribution in [3.8, 4) is 11.1 Å². The predicted molar refractivity (Wildman–Crippen MR) is 170 cm³/mol. The van der Waals surface area contributed by atoms with Crippen molar-refractivity contribution < 1.29 is 17.9 Å². The molecule has 4 aromatic rings. The van der Waals surface area contributed by atoms with Gasteiger partial charge in [-0.05, 0) is 82.7 Å². The van der Waals surface area contributed by atoms with Crippen molar-refractivity contribution in [3.05, 3.63) is 77.0 Å². The van der Waals surface area contributed by atoms with Crippen LogP contribution in [0.25, 0.3) is 22.0 Å². The number of hydrogen-bond acceptors (Lipinski definition) is 7. The number of aryl methyl sites for hydroxylation is 2. The monoisotopic (exact) mass is 617 g/mol. The summed E-state index contributed by atoms with van der Waals surface area (Å²) in [5.74, 6) is 0.867. The summed E-state index contributed by atoms with van der Waals surface area (Å²) >= 11 is 0. The Morgan fingerprint density at radius 2 is 1.66 bits per heavy atom. The first-order chi connectivity index (χ1) is 20.8. The van der Waals surface area contributed by atoms with E-state index in [0.717, 1.165) is 71.9 Å². The molecule has 0 saturated carbocycles. The lowest BCUT2D eigenvalue weighted by Crippen LogP contribution is -2.43. The van der Waals surface area contributed by atoms with Crippen molar-refractivity contribution in [1.82, 2.24) is 18.4 Å². The van der Waals surface area contributed by atoms with Crippen LogP contribution in [0.5, 0.6) is 0 Å². The first-order valence-corrected chi connectivity index (χ1v) is 16.4. The Hall–Kier alpha value is -4.12. The molecule has 2 fully saturated rings. The number of benzene rings is 1. The molecule has 3 aromatic heterocycles. The lowest BCUT2D eigenvalue weighted by Gasteiger charge is -2.39. The van der Waals surface area contributed by atoms with Gasteiger partial charge in [-0.15, -0.1) is 0 Å². The molecule has 0 unspecified atom stereocenters. The van der Waals surface area contributed by atoms with Crippen LogP contribution in [0, 0.1) is 12.3 Å². The molecule has 0 atom stereocenters. The van der Waals surface area contributed by atoms with E-state index in [-0.39, 0.29) is 21.9 Å². The van der Waals surface area contributed by atoms with Crippen molar-refractivity contribution in [1.29, 1.82) is 0 Å². The first-order valence-electron chi connectivity index (χ1n) is 15.0. The summed E-state index contributed by atoms with van der Waals surface area (Å²) < 4.78 is 35.1. The molecule has 232 valence electrons. The van der Waals surface area contributed by atoms with Crippen LogP contribution in [0.2, 0.25) is 0 Å². The van der Waals surface area contributed by atoms with E-state index in [0.29, 0.717) is 5.39 Å². The van der Waals surface area contributed by atoms with Crippen molar-refractivity contribution in [2.75, 3.05) is 31.1 Å². The summed E-state index contributed by atoms with van der Waals surface area (Å²) in [6.07, 6.45) is 7.65. The Morgan fingerprint density at radius 3 is 2.30 bits per heavy atom. The van der Waals surface area contributed by atoms with Gasteiger partial charge in [-0.2, -0.15) is 0 Å². The average molecular weight is 618 g/mol. The Balaban J connectivity index is 1.21. The number of carbonyl (C=O) groups excluding carboxylic acids is 1. The van der Waals surface area contributed by atoms with E-state index in [1.165, 1.54) is 10.8 Å². The van der Waals surface area contributed by atoms with E-state index in [1.807, 2.05) is 44.7 Å². The van der Waals surface area contributed by atoms with Gasteiger partial charge in [0, 0.05) is 68.3 Å². The molecule has 1 spiro atoms. The lowest BCUT2D eigenvalue weighted by molar-refractivity contribution is 0.0266. The minimum atomic E-state index is -3.97. The third-order valence-electron chi connectivity index (χ3n) is 8.86. The average Bonchev–Trinajstić information content (AvgIpc) is 3.61. The quantitative estimate of drug-likeness (QED) is 0.311. The molecule has 1 aromatic carbocycles. The molecule has 2 aliphatic heterocycles. The highest BCUT2D eigenvalue weighted by Crippen LogP contribution is 2.41. The molecule has 6 rings (SSSR count). The summed E-state index contributed by atoms with van der Waals surface area (Å²) in [5, 5.41) is 0.550. The summed E-state index contributed by atoms with van der Waals surface area (Å²) in [5.41, 5.74) is 1.78. The summed E-state index contributed by atoms with van der Waals surface area (Å²) in [6, 6.07) is 12.2. The molecule has 0 radical (unpaired) electrons. The largest absolute Gasteiger partial charge is 0.444 e. The second kappa shape index (κ2) is 10.8. The Kier molecular flexibility index (Phi) is 7.34. The highest BCUT2D eigenvalue weighted by atomic mass is 32.2. The van der Waals surface area contributed by atoms with Crippen molar-refractivity contribution in [3.63, 3.8) is 0 Å². The molecular formula is C33H39N5O5S. The first kappa shape index (κ1) is 29.9. The minimum Gasteiger partial charge on any atom is -0.444 e. The zero-order valence-electron chi connectivity index (χ0n) is 25.9. The second-order valence-corrected chi connectivity index (χ2v) is 15.0. The number of piperidine rings is 1. The van der Waals surface area contributed by atoms with Gasteiger partial charge in [0.2, 0.25) is 0 Å². The summed E-state index contributed by atoms with van der Waals surface area (Å²) in [4.78, 5) is 34.9. The van der Waals surface area contributed by atoms with E-state index in [9.17, 15) is 18.0 Å². The van der Waals surface area contributed by atoms with E-state index in [4.69, 9.17) is 9.72 Å². The molecule has 2 saturated heterocycles. The van der Waals surface area contributed by atoms with E-state index in [1.54, 1.807) is 49.8 Å². The van der Waals surface area contributed by atoms with E-state index < -0.39 is 21.2 Å². The molecule has 0 aliphatic carbocycles. The third-order valence-corrected chi connectivity index (χ3v) is 10.6. The third kappa shape index (κ3) is 5.49. The number of pyridine rings is 2. The number of fused-ring (bicyclic) bond motifs is 1. The fraction of sp³-hybridized carbons (Fsp3) is 0.424. The zero-order chi connectivity index (χ0) is 31.4. The molecule has 10 nitrogen and oxygen atoms in total. The lowest BCUT2D eigenvalue weighted by atomic mass is 9.78. The maximum Gasteiger partial charge on any atom is 0.410 e. The molecule has 44 heavy (non-hydrogen) atoms. The summed E-state index contributed by atoms with van der Waals surface area (Å²) in [7, 11) is -2.35. The molecule has 2 aliphatic rings. The van der Waals surface area contributed by atoms with Gasteiger partial charge < -0.3 is 19.1 Å². The molecule has 0 bridgehead atoms. The van der Waals surface area contributed by atoms with E-state index >= 15 is 0 Å². The predicted octanol–water partition coefficient (Wildman–Crippen LogP) is 5.17. The minimum absolute atomic E-state index is 0.105. The van der Waals surface area contributed by atoms with Crippen LogP contribution in [0.3, 0.4) is 0 Å². The Morgan fingerprint density at radius 1 is 0.977 bits per heavy atom. The number of rotatable bonds is 4. The van der Waals surface area contributed by atoms with Crippen LogP contribution in [-0.2, 0) is 21.8 Å². The molecule has 0 N–H and O–H groups in total. The van der Waals surface area contributed by atoms with Gasteiger partial charge in [0.15, 0.2) is 0 Å².